The average Bonchev–Trinajstić information content (AvgIpc) is 2.94. The molecule has 2 aliphatic rings. The van der Waals surface area contributed by atoms with Gasteiger partial charge in [0.15, 0.2) is 0 Å². The Morgan fingerprint density at radius 2 is 2.12 bits per heavy atom. The Morgan fingerprint density at radius 1 is 1.29 bits per heavy atom. The number of hydrogen-bond donors (Lipinski definition) is 1. The number of likely N-dealkylation sites (tertiary alicyclic amines) is 1. The summed E-state index contributed by atoms with van der Waals surface area (Å²) in [4.78, 5) is 9.46. The van der Waals surface area contributed by atoms with Crippen LogP contribution < -0.4 is 10.2 Å². The first-order chi connectivity index (χ1) is 11.5. The lowest BCUT2D eigenvalue weighted by Crippen LogP contribution is -2.41. The number of nitrogens with one attached hydrogen (secondary N) is 1. The van der Waals surface area contributed by atoms with Crippen LogP contribution in [0, 0.1) is 5.92 Å². The molecule has 5 heteroatoms. The van der Waals surface area contributed by atoms with Crippen LogP contribution in [0.3, 0.4) is 0 Å². The summed E-state index contributed by atoms with van der Waals surface area (Å²) in [6.07, 6.45) is 2.22. The van der Waals surface area contributed by atoms with Crippen molar-refractivity contribution >= 4 is 5.82 Å². The van der Waals surface area contributed by atoms with Gasteiger partial charge in [-0.05, 0) is 44.4 Å². The summed E-state index contributed by atoms with van der Waals surface area (Å²) in [7, 11) is 0. The molecule has 24 heavy (non-hydrogen) atoms. The van der Waals surface area contributed by atoms with Crippen molar-refractivity contribution in [3.8, 4) is 0 Å². The van der Waals surface area contributed by atoms with Gasteiger partial charge in [0.1, 0.15) is 5.82 Å². The minimum absolute atomic E-state index is 0.281. The van der Waals surface area contributed by atoms with Gasteiger partial charge in [-0.25, -0.2) is 4.98 Å². The summed E-state index contributed by atoms with van der Waals surface area (Å²) >= 11 is 0. The van der Waals surface area contributed by atoms with Crippen LogP contribution in [0.25, 0.3) is 0 Å². The van der Waals surface area contributed by atoms with E-state index in [1.807, 2.05) is 6.20 Å². The maximum atomic E-state index is 5.63. The first kappa shape index (κ1) is 17.6. The molecule has 3 heterocycles. The van der Waals surface area contributed by atoms with Crippen molar-refractivity contribution in [3.63, 3.8) is 0 Å². The highest BCUT2D eigenvalue weighted by Crippen LogP contribution is 2.20. The van der Waals surface area contributed by atoms with Crippen molar-refractivity contribution in [1.29, 1.82) is 0 Å². The van der Waals surface area contributed by atoms with Gasteiger partial charge >= 0.3 is 0 Å². The summed E-state index contributed by atoms with van der Waals surface area (Å²) in [5.74, 6) is 1.78. The summed E-state index contributed by atoms with van der Waals surface area (Å²) < 4.78 is 5.63. The highest BCUT2D eigenvalue weighted by atomic mass is 16.5. The molecule has 1 aromatic rings. The minimum atomic E-state index is 0.281. The van der Waals surface area contributed by atoms with Crippen molar-refractivity contribution in [1.82, 2.24) is 15.2 Å². The van der Waals surface area contributed by atoms with E-state index in [1.54, 1.807) is 0 Å². The van der Waals surface area contributed by atoms with Crippen LogP contribution in [0.2, 0.25) is 0 Å². The number of hydrogen-bond acceptors (Lipinski definition) is 5. The predicted molar refractivity (Wildman–Crippen MR) is 98.4 cm³/mol. The van der Waals surface area contributed by atoms with E-state index in [4.69, 9.17) is 4.74 Å². The van der Waals surface area contributed by atoms with E-state index < -0.39 is 0 Å². The van der Waals surface area contributed by atoms with Crippen LogP contribution in [-0.2, 0) is 11.3 Å². The first-order valence-electron chi connectivity index (χ1n) is 9.32. The van der Waals surface area contributed by atoms with Gasteiger partial charge in [-0.2, -0.15) is 0 Å². The van der Waals surface area contributed by atoms with E-state index in [-0.39, 0.29) is 6.10 Å². The molecule has 2 saturated heterocycles. The third kappa shape index (κ3) is 4.26. The maximum absolute atomic E-state index is 5.63. The molecule has 5 nitrogen and oxygen atoms in total. The van der Waals surface area contributed by atoms with Gasteiger partial charge in [0.05, 0.1) is 12.7 Å². The van der Waals surface area contributed by atoms with E-state index in [1.165, 1.54) is 12.1 Å². The molecule has 1 aromatic heterocycles. The second kappa shape index (κ2) is 7.81. The zero-order valence-electron chi connectivity index (χ0n) is 15.5. The predicted octanol–water partition coefficient (Wildman–Crippen LogP) is 2.12. The minimum Gasteiger partial charge on any atom is -0.375 e. The van der Waals surface area contributed by atoms with Crippen molar-refractivity contribution in [2.75, 3.05) is 37.7 Å². The molecule has 3 rings (SSSR count). The van der Waals surface area contributed by atoms with E-state index >= 15 is 0 Å². The molecule has 0 aromatic carbocycles. The molecule has 3 atom stereocenters. The van der Waals surface area contributed by atoms with E-state index in [2.05, 4.69) is 59.9 Å². The third-order valence-electron chi connectivity index (χ3n) is 5.31. The molecule has 0 spiro atoms. The van der Waals surface area contributed by atoms with Gasteiger partial charge in [0, 0.05) is 51.0 Å². The van der Waals surface area contributed by atoms with Crippen LogP contribution in [0.4, 0.5) is 5.82 Å². The van der Waals surface area contributed by atoms with Crippen molar-refractivity contribution in [2.45, 2.75) is 52.4 Å². The lowest BCUT2D eigenvalue weighted by molar-refractivity contribution is 0.0529. The first-order valence-corrected chi connectivity index (χ1v) is 9.32. The van der Waals surface area contributed by atoms with Crippen LogP contribution >= 0.6 is 0 Å². The largest absolute Gasteiger partial charge is 0.375 e. The molecular formula is C19H32N4O. The second-order valence-corrected chi connectivity index (χ2v) is 7.66. The molecule has 0 radical (unpaired) electrons. The van der Waals surface area contributed by atoms with E-state index in [0.717, 1.165) is 38.6 Å². The number of aromatic nitrogens is 1. The van der Waals surface area contributed by atoms with E-state index in [9.17, 15) is 0 Å². The third-order valence-corrected chi connectivity index (χ3v) is 5.31. The molecule has 134 valence electrons. The van der Waals surface area contributed by atoms with Crippen LogP contribution in [-0.4, -0.2) is 60.9 Å². The van der Waals surface area contributed by atoms with Crippen molar-refractivity contribution in [2.24, 2.45) is 5.92 Å². The van der Waals surface area contributed by atoms with Gasteiger partial charge < -0.3 is 15.0 Å². The Morgan fingerprint density at radius 3 is 2.83 bits per heavy atom. The fraction of sp³-hybridized carbons (Fsp3) is 0.737. The highest BCUT2D eigenvalue weighted by Gasteiger charge is 2.30. The summed E-state index contributed by atoms with van der Waals surface area (Å²) in [6, 6.07) is 5.56. The molecule has 0 aliphatic carbocycles. The number of ether oxygens (including phenoxy) is 1. The topological polar surface area (TPSA) is 40.6 Å². The Hall–Kier alpha value is -1.17. The summed E-state index contributed by atoms with van der Waals surface area (Å²) in [5, 5.41) is 3.76. The van der Waals surface area contributed by atoms with Gasteiger partial charge in [0.2, 0.25) is 0 Å². The second-order valence-electron chi connectivity index (χ2n) is 7.66. The Kier molecular flexibility index (Phi) is 5.74. The normalized spacial score (nSPS) is 28.7. The fourth-order valence-electron chi connectivity index (χ4n) is 3.71. The molecule has 2 aliphatic heterocycles. The van der Waals surface area contributed by atoms with Crippen LogP contribution in [0.1, 0.15) is 33.3 Å². The van der Waals surface area contributed by atoms with Gasteiger partial charge in [-0.1, -0.05) is 6.92 Å². The van der Waals surface area contributed by atoms with Crippen LogP contribution in [0.5, 0.6) is 0 Å². The lowest BCUT2D eigenvalue weighted by Gasteiger charge is -2.32. The van der Waals surface area contributed by atoms with E-state index in [0.29, 0.717) is 18.0 Å². The number of morpholine rings is 1. The fourth-order valence-corrected chi connectivity index (χ4v) is 3.71. The zero-order valence-corrected chi connectivity index (χ0v) is 15.5. The molecule has 0 saturated carbocycles. The van der Waals surface area contributed by atoms with Crippen molar-refractivity contribution in [3.05, 3.63) is 23.9 Å². The number of anilines is 1. The quantitative estimate of drug-likeness (QED) is 0.894. The zero-order chi connectivity index (χ0) is 17.1. The van der Waals surface area contributed by atoms with Crippen molar-refractivity contribution < 1.29 is 4.74 Å². The summed E-state index contributed by atoms with van der Waals surface area (Å²) in [5.41, 5.74) is 1.31. The van der Waals surface area contributed by atoms with Crippen LogP contribution in [0.15, 0.2) is 18.3 Å². The Bertz CT molecular complexity index is 536. The number of nitrogens with zero attached hydrogens (tertiary/aromatic N) is 3. The van der Waals surface area contributed by atoms with Gasteiger partial charge in [-0.15, -0.1) is 0 Å². The maximum Gasteiger partial charge on any atom is 0.128 e. The highest BCUT2D eigenvalue weighted by molar-refractivity contribution is 5.41. The standard InChI is InChI=1S/C19H32N4O/c1-14(2)23-11-15(3)18(13-23)21-10-17-5-6-20-19(9-17)22-7-8-24-16(4)12-22/h5-6,9,14-16,18,21H,7-8,10-13H2,1-4H3. The number of rotatable bonds is 5. The SMILES string of the molecule is CC1CN(c2cc(CNC3CN(C(C)C)CC3C)ccn2)CCO1. The molecule has 0 bridgehead atoms. The molecule has 1 N–H and O–H groups in total. The lowest BCUT2D eigenvalue weighted by atomic mass is 10.1. The number of pyridine rings is 1. The van der Waals surface area contributed by atoms with Gasteiger partial charge in [0.25, 0.3) is 0 Å². The molecular weight excluding hydrogens is 300 g/mol. The Balaban J connectivity index is 1.57. The monoisotopic (exact) mass is 332 g/mol. The smallest absolute Gasteiger partial charge is 0.128 e. The summed E-state index contributed by atoms with van der Waals surface area (Å²) in [6.45, 7) is 14.9. The molecule has 2 fully saturated rings. The Labute approximate surface area is 146 Å². The molecule has 3 unspecified atom stereocenters. The molecule has 0 amide bonds. The average molecular weight is 332 g/mol. The van der Waals surface area contributed by atoms with Gasteiger partial charge in [-0.3, -0.25) is 4.90 Å².